The molecule has 1 fully saturated rings. The van der Waals surface area contributed by atoms with Gasteiger partial charge in [0.05, 0.1) is 10.7 Å². The van der Waals surface area contributed by atoms with Gasteiger partial charge in [-0.25, -0.2) is 9.18 Å². The SMILES string of the molecule is O=C(O)C(CF)NC(=O)C1CCN(c2cc(Cl)ccc2Cl)C1=O. The molecule has 23 heavy (non-hydrogen) atoms. The molecule has 2 atom stereocenters. The lowest BCUT2D eigenvalue weighted by molar-refractivity contribution is -0.144. The predicted molar refractivity (Wildman–Crippen MR) is 82.5 cm³/mol. The number of halogens is 3. The average Bonchev–Trinajstić information content (AvgIpc) is 2.88. The van der Waals surface area contributed by atoms with Gasteiger partial charge in [-0.2, -0.15) is 0 Å². The van der Waals surface area contributed by atoms with Crippen molar-refractivity contribution in [2.45, 2.75) is 12.5 Å². The van der Waals surface area contributed by atoms with Crippen molar-refractivity contribution in [2.75, 3.05) is 18.1 Å². The number of rotatable bonds is 5. The molecule has 2 amide bonds. The summed E-state index contributed by atoms with van der Waals surface area (Å²) in [6.45, 7) is -1.03. The van der Waals surface area contributed by atoms with Gasteiger partial charge in [-0.3, -0.25) is 9.59 Å². The highest BCUT2D eigenvalue weighted by Crippen LogP contribution is 2.33. The number of carbonyl (C=O) groups is 3. The monoisotopic (exact) mass is 362 g/mol. The Balaban J connectivity index is 2.14. The second-order valence-corrected chi connectivity index (χ2v) is 5.82. The van der Waals surface area contributed by atoms with Crippen molar-refractivity contribution < 1.29 is 23.9 Å². The van der Waals surface area contributed by atoms with E-state index in [1.807, 2.05) is 5.32 Å². The fourth-order valence-electron chi connectivity index (χ4n) is 2.29. The van der Waals surface area contributed by atoms with Gasteiger partial charge in [0.15, 0.2) is 6.04 Å². The minimum atomic E-state index is -1.67. The van der Waals surface area contributed by atoms with Crippen molar-refractivity contribution in [2.24, 2.45) is 5.92 Å². The van der Waals surface area contributed by atoms with Gasteiger partial charge in [0.25, 0.3) is 0 Å². The molecule has 6 nitrogen and oxygen atoms in total. The van der Waals surface area contributed by atoms with Crippen molar-refractivity contribution in [1.82, 2.24) is 5.32 Å². The summed E-state index contributed by atoms with van der Waals surface area (Å²) >= 11 is 11.9. The highest BCUT2D eigenvalue weighted by molar-refractivity contribution is 6.36. The third kappa shape index (κ3) is 3.73. The Morgan fingerprint density at radius 1 is 1.43 bits per heavy atom. The lowest BCUT2D eigenvalue weighted by Gasteiger charge is -2.19. The van der Waals surface area contributed by atoms with Gasteiger partial charge in [-0.05, 0) is 24.6 Å². The van der Waals surface area contributed by atoms with Gasteiger partial charge in [0, 0.05) is 11.6 Å². The Morgan fingerprint density at radius 2 is 2.13 bits per heavy atom. The summed E-state index contributed by atoms with van der Waals surface area (Å²) in [4.78, 5) is 36.4. The molecule has 1 heterocycles. The second kappa shape index (κ2) is 7.14. The molecule has 2 unspecified atom stereocenters. The van der Waals surface area contributed by atoms with Crippen LogP contribution in [0.15, 0.2) is 18.2 Å². The summed E-state index contributed by atoms with van der Waals surface area (Å²) in [5.74, 6) is -3.94. The number of nitrogens with zero attached hydrogens (tertiary/aromatic N) is 1. The number of carbonyl (C=O) groups excluding carboxylic acids is 2. The maximum atomic E-state index is 12.6. The zero-order valence-corrected chi connectivity index (χ0v) is 13.3. The summed E-state index contributed by atoms with van der Waals surface area (Å²) in [7, 11) is 0. The molecule has 0 aromatic heterocycles. The van der Waals surface area contributed by atoms with Crippen LogP contribution in [-0.2, 0) is 14.4 Å². The van der Waals surface area contributed by atoms with Crippen molar-refractivity contribution in [3.63, 3.8) is 0 Å². The van der Waals surface area contributed by atoms with Gasteiger partial charge in [0.2, 0.25) is 11.8 Å². The summed E-state index contributed by atoms with van der Waals surface area (Å²) in [5, 5.41) is 11.4. The number of carboxylic acids is 1. The standard InChI is InChI=1S/C14H13Cl2FN2O4/c15-7-1-2-9(16)11(5-7)19-4-3-8(13(19)21)12(20)18-10(6-17)14(22)23/h1-2,5,8,10H,3-4,6H2,(H,18,20)(H,22,23). The smallest absolute Gasteiger partial charge is 0.328 e. The Labute approximate surface area is 141 Å². The van der Waals surface area contributed by atoms with E-state index in [4.69, 9.17) is 28.3 Å². The third-order valence-electron chi connectivity index (χ3n) is 3.49. The van der Waals surface area contributed by atoms with E-state index in [1.54, 1.807) is 6.07 Å². The largest absolute Gasteiger partial charge is 0.480 e. The number of amides is 2. The molecule has 1 aliphatic heterocycles. The molecule has 2 rings (SSSR count). The quantitative estimate of drug-likeness (QED) is 0.783. The number of aliphatic carboxylic acids is 1. The number of alkyl halides is 1. The maximum absolute atomic E-state index is 12.6. The number of carboxylic acid groups (broad SMARTS) is 1. The first-order valence-electron chi connectivity index (χ1n) is 6.70. The van der Waals surface area contributed by atoms with Crippen LogP contribution < -0.4 is 10.2 Å². The van der Waals surface area contributed by atoms with Crippen molar-refractivity contribution in [1.29, 1.82) is 0 Å². The van der Waals surface area contributed by atoms with Crippen LogP contribution in [0.25, 0.3) is 0 Å². The molecule has 1 aromatic rings. The Hall–Kier alpha value is -1.86. The molecule has 0 radical (unpaired) electrons. The zero-order valence-electron chi connectivity index (χ0n) is 11.8. The number of hydrogen-bond acceptors (Lipinski definition) is 3. The van der Waals surface area contributed by atoms with Crippen LogP contribution in [0.1, 0.15) is 6.42 Å². The van der Waals surface area contributed by atoms with E-state index in [0.717, 1.165) is 0 Å². The minimum absolute atomic E-state index is 0.173. The maximum Gasteiger partial charge on any atom is 0.328 e. The van der Waals surface area contributed by atoms with Crippen LogP contribution in [0.3, 0.4) is 0 Å². The molecule has 1 aromatic carbocycles. The predicted octanol–water partition coefficient (Wildman–Crippen LogP) is 1.89. The van der Waals surface area contributed by atoms with Crippen LogP contribution in [0.2, 0.25) is 10.0 Å². The highest BCUT2D eigenvalue weighted by Gasteiger charge is 2.39. The second-order valence-electron chi connectivity index (χ2n) is 4.98. The van der Waals surface area contributed by atoms with E-state index in [2.05, 4.69) is 0 Å². The molecular weight excluding hydrogens is 350 g/mol. The topological polar surface area (TPSA) is 86.7 Å². The number of anilines is 1. The number of hydrogen-bond donors (Lipinski definition) is 2. The molecule has 0 bridgehead atoms. The van der Waals surface area contributed by atoms with Crippen LogP contribution >= 0.6 is 23.2 Å². The van der Waals surface area contributed by atoms with E-state index in [1.165, 1.54) is 17.0 Å². The molecule has 0 saturated carbocycles. The Morgan fingerprint density at radius 3 is 2.74 bits per heavy atom. The van der Waals surface area contributed by atoms with Crippen LogP contribution in [0.4, 0.5) is 10.1 Å². The number of benzene rings is 1. The fourth-order valence-corrected chi connectivity index (χ4v) is 2.68. The van der Waals surface area contributed by atoms with Crippen molar-refractivity contribution >= 4 is 46.7 Å². The van der Waals surface area contributed by atoms with E-state index in [0.29, 0.717) is 15.7 Å². The van der Waals surface area contributed by atoms with Gasteiger partial charge >= 0.3 is 5.97 Å². The highest BCUT2D eigenvalue weighted by atomic mass is 35.5. The zero-order chi connectivity index (χ0) is 17.1. The van der Waals surface area contributed by atoms with Crippen molar-refractivity contribution in [3.8, 4) is 0 Å². The first kappa shape index (κ1) is 17.5. The molecule has 0 spiro atoms. The van der Waals surface area contributed by atoms with Gasteiger partial charge in [-0.15, -0.1) is 0 Å². The summed E-state index contributed by atoms with van der Waals surface area (Å²) < 4.78 is 12.6. The fraction of sp³-hybridized carbons (Fsp3) is 0.357. The summed E-state index contributed by atoms with van der Waals surface area (Å²) in [5.41, 5.74) is 0.375. The molecular formula is C14H13Cl2FN2O4. The molecule has 9 heteroatoms. The lowest BCUT2D eigenvalue weighted by atomic mass is 10.1. The van der Waals surface area contributed by atoms with E-state index in [9.17, 15) is 18.8 Å². The van der Waals surface area contributed by atoms with Crippen LogP contribution in [-0.4, -0.2) is 42.2 Å². The third-order valence-corrected chi connectivity index (χ3v) is 4.04. The van der Waals surface area contributed by atoms with Crippen LogP contribution in [0, 0.1) is 5.92 Å². The van der Waals surface area contributed by atoms with Crippen LogP contribution in [0.5, 0.6) is 0 Å². The van der Waals surface area contributed by atoms with E-state index >= 15 is 0 Å². The van der Waals surface area contributed by atoms with E-state index in [-0.39, 0.29) is 13.0 Å². The summed E-state index contributed by atoms with van der Waals surface area (Å²) in [6.07, 6.45) is 0.173. The van der Waals surface area contributed by atoms with Crippen molar-refractivity contribution in [3.05, 3.63) is 28.2 Å². The normalized spacial score (nSPS) is 18.8. The molecule has 124 valence electrons. The van der Waals surface area contributed by atoms with Gasteiger partial charge < -0.3 is 15.3 Å². The summed E-state index contributed by atoms with van der Waals surface area (Å²) in [6, 6.07) is 2.93. The molecule has 1 aliphatic rings. The molecule has 2 N–H and O–H groups in total. The Kier molecular flexibility index (Phi) is 5.43. The lowest BCUT2D eigenvalue weighted by Crippen LogP contribution is -2.46. The number of nitrogens with one attached hydrogen (secondary N) is 1. The minimum Gasteiger partial charge on any atom is -0.480 e. The van der Waals surface area contributed by atoms with Gasteiger partial charge in [0.1, 0.15) is 12.6 Å². The first-order valence-corrected chi connectivity index (χ1v) is 7.46. The molecule has 0 aliphatic carbocycles. The first-order chi connectivity index (χ1) is 10.8. The molecule has 1 saturated heterocycles. The average molecular weight is 363 g/mol. The van der Waals surface area contributed by atoms with E-state index < -0.39 is 36.4 Å². The van der Waals surface area contributed by atoms with Gasteiger partial charge in [-0.1, -0.05) is 23.2 Å². The Bertz CT molecular complexity index is 656.